The Morgan fingerprint density at radius 3 is 2.72 bits per heavy atom. The molecule has 0 aliphatic heterocycles. The predicted molar refractivity (Wildman–Crippen MR) is 111 cm³/mol. The van der Waals surface area contributed by atoms with Gasteiger partial charge < -0.3 is 9.64 Å². The van der Waals surface area contributed by atoms with E-state index in [-0.39, 0.29) is 16.6 Å². The number of aryl methyl sites for hydroxylation is 1. The second-order valence-corrected chi connectivity index (χ2v) is 7.13. The molecule has 0 atom stereocenters. The van der Waals surface area contributed by atoms with Gasteiger partial charge in [-0.2, -0.15) is 4.37 Å². The minimum atomic E-state index is -0.360. The number of rotatable bonds is 8. The topological polar surface area (TPSA) is 110 Å². The largest absolute Gasteiger partial charge is 0.464 e. The fourth-order valence-electron chi connectivity index (χ4n) is 2.95. The number of aromatic nitrogens is 1. The van der Waals surface area contributed by atoms with Crippen molar-refractivity contribution >= 4 is 40.0 Å². The molecule has 1 aromatic heterocycles. The monoisotopic (exact) mass is 415 g/mol. The predicted octanol–water partition coefficient (Wildman–Crippen LogP) is 4.51. The van der Waals surface area contributed by atoms with Gasteiger partial charge in [0.1, 0.15) is 6.61 Å². The number of esters is 1. The van der Waals surface area contributed by atoms with E-state index in [1.54, 1.807) is 6.08 Å². The Bertz CT molecular complexity index is 952. The molecule has 152 valence electrons. The molecule has 3 rings (SSSR count). The van der Waals surface area contributed by atoms with Gasteiger partial charge in [-0.3, -0.25) is 14.9 Å². The van der Waals surface area contributed by atoms with Crippen LogP contribution in [0.5, 0.6) is 0 Å². The van der Waals surface area contributed by atoms with Crippen molar-refractivity contribution < 1.29 is 14.5 Å². The van der Waals surface area contributed by atoms with Crippen LogP contribution in [0.2, 0.25) is 0 Å². The van der Waals surface area contributed by atoms with E-state index in [0.29, 0.717) is 42.2 Å². The highest BCUT2D eigenvalue weighted by atomic mass is 32.1. The minimum absolute atomic E-state index is 0.173. The highest BCUT2D eigenvalue weighted by Crippen LogP contribution is 2.36. The van der Waals surface area contributed by atoms with Crippen molar-refractivity contribution in [3.63, 3.8) is 0 Å². The van der Waals surface area contributed by atoms with Gasteiger partial charge in [0.05, 0.1) is 22.8 Å². The van der Waals surface area contributed by atoms with Crippen molar-refractivity contribution in [1.29, 1.82) is 0 Å². The van der Waals surface area contributed by atoms with Gasteiger partial charge in [0.15, 0.2) is 5.00 Å². The van der Waals surface area contributed by atoms with Gasteiger partial charge in [-0.25, -0.2) is 0 Å². The van der Waals surface area contributed by atoms with Crippen molar-refractivity contribution in [2.24, 2.45) is 10.2 Å². The molecule has 0 fully saturated rings. The third kappa shape index (κ3) is 5.23. The number of nitrogens with zero attached hydrogens (tertiary/aromatic N) is 5. The zero-order valence-electron chi connectivity index (χ0n) is 16.2. The van der Waals surface area contributed by atoms with Crippen molar-refractivity contribution in [2.75, 3.05) is 24.6 Å². The molecule has 2 aromatic rings. The number of hydrogen-bond donors (Lipinski definition) is 0. The molecule has 0 bridgehead atoms. The summed E-state index contributed by atoms with van der Waals surface area (Å²) in [6, 6.07) is 7.55. The molecule has 0 amide bonds. The second kappa shape index (κ2) is 9.37. The SMILES string of the molecule is CCN(CCOC(C)=O)c1ccc(N=Nc2snc3c2C=C([N+](=O)[O-])CC3)cc1. The quantitative estimate of drug-likeness (QED) is 0.271. The maximum atomic E-state index is 11.0. The first-order valence-electron chi connectivity index (χ1n) is 9.21. The number of carbonyl (C=O) groups excluding carboxylic acids is 1. The van der Waals surface area contributed by atoms with Crippen LogP contribution in [-0.2, 0) is 16.0 Å². The molecule has 29 heavy (non-hydrogen) atoms. The first-order chi connectivity index (χ1) is 14.0. The van der Waals surface area contributed by atoms with E-state index in [1.807, 2.05) is 31.2 Å². The first-order valence-corrected chi connectivity index (χ1v) is 9.99. The number of nitro groups is 1. The average Bonchev–Trinajstić information content (AvgIpc) is 3.12. The lowest BCUT2D eigenvalue weighted by molar-refractivity contribution is -0.426. The summed E-state index contributed by atoms with van der Waals surface area (Å²) in [4.78, 5) is 23.7. The van der Waals surface area contributed by atoms with Gasteiger partial charge in [-0.15, -0.1) is 10.2 Å². The van der Waals surface area contributed by atoms with E-state index in [2.05, 4.69) is 19.5 Å². The molecule has 10 heteroatoms. The maximum Gasteiger partial charge on any atom is 0.302 e. The number of likely N-dealkylation sites (N-methyl/N-ethyl adjacent to an activating group) is 1. The average molecular weight is 415 g/mol. The van der Waals surface area contributed by atoms with Gasteiger partial charge in [0.2, 0.25) is 5.70 Å². The molecule has 1 aromatic carbocycles. The zero-order chi connectivity index (χ0) is 20.8. The molecule has 1 heterocycles. The fraction of sp³-hybridized carbons (Fsp3) is 0.368. The standard InChI is InChI=1S/C19H21N5O4S/c1-3-23(10-11-28-13(2)25)15-6-4-14(5-7-15)20-21-19-17-12-16(24(26)27)8-9-18(17)22-29-19/h4-7,12H,3,8-11H2,1-2H3. The molecular formula is C19H21N5O4S. The molecule has 1 aliphatic carbocycles. The maximum absolute atomic E-state index is 11.0. The summed E-state index contributed by atoms with van der Waals surface area (Å²) in [7, 11) is 0. The highest BCUT2D eigenvalue weighted by molar-refractivity contribution is 7.10. The van der Waals surface area contributed by atoms with Crippen molar-refractivity contribution in [1.82, 2.24) is 4.37 Å². The van der Waals surface area contributed by atoms with Crippen molar-refractivity contribution in [3.8, 4) is 0 Å². The van der Waals surface area contributed by atoms with Crippen molar-refractivity contribution in [2.45, 2.75) is 26.7 Å². The summed E-state index contributed by atoms with van der Waals surface area (Å²) in [6.07, 6.45) is 2.47. The van der Waals surface area contributed by atoms with Crippen LogP contribution in [0.4, 0.5) is 16.4 Å². The van der Waals surface area contributed by atoms with Crippen LogP contribution in [-0.4, -0.2) is 35.0 Å². The summed E-state index contributed by atoms with van der Waals surface area (Å²) < 4.78 is 9.33. The molecule has 9 nitrogen and oxygen atoms in total. The minimum Gasteiger partial charge on any atom is -0.464 e. The normalized spacial score (nSPS) is 13.1. The van der Waals surface area contributed by atoms with E-state index >= 15 is 0 Å². The van der Waals surface area contributed by atoms with E-state index in [1.165, 1.54) is 18.5 Å². The van der Waals surface area contributed by atoms with Gasteiger partial charge in [0, 0.05) is 43.6 Å². The Labute approximate surface area is 172 Å². The van der Waals surface area contributed by atoms with Gasteiger partial charge in [-0.05, 0) is 42.7 Å². The van der Waals surface area contributed by atoms with E-state index in [9.17, 15) is 14.9 Å². The zero-order valence-corrected chi connectivity index (χ0v) is 17.0. The van der Waals surface area contributed by atoms with Crippen LogP contribution < -0.4 is 4.90 Å². The third-order valence-corrected chi connectivity index (χ3v) is 5.25. The Kier molecular flexibility index (Phi) is 6.65. The molecule has 0 radical (unpaired) electrons. The molecule has 1 aliphatic rings. The molecule has 0 saturated heterocycles. The summed E-state index contributed by atoms with van der Waals surface area (Å²) in [6.45, 7) is 5.14. The lowest BCUT2D eigenvalue weighted by atomic mass is 10.0. The summed E-state index contributed by atoms with van der Waals surface area (Å²) in [5.41, 5.74) is 3.35. The van der Waals surface area contributed by atoms with Crippen molar-refractivity contribution in [3.05, 3.63) is 51.3 Å². The summed E-state index contributed by atoms with van der Waals surface area (Å²) >= 11 is 1.19. The number of hydrogen-bond acceptors (Lipinski definition) is 9. The fourth-order valence-corrected chi connectivity index (χ4v) is 3.69. The summed E-state index contributed by atoms with van der Waals surface area (Å²) in [5.74, 6) is -0.290. The van der Waals surface area contributed by atoms with E-state index < -0.39 is 0 Å². The molecular weight excluding hydrogens is 394 g/mol. The van der Waals surface area contributed by atoms with Crippen LogP contribution in [0.25, 0.3) is 6.08 Å². The lowest BCUT2D eigenvalue weighted by Gasteiger charge is -2.22. The number of benzene rings is 1. The van der Waals surface area contributed by atoms with Crippen LogP contribution in [0.3, 0.4) is 0 Å². The van der Waals surface area contributed by atoms with E-state index in [0.717, 1.165) is 17.9 Å². The van der Waals surface area contributed by atoms with E-state index in [4.69, 9.17) is 4.74 Å². The smallest absolute Gasteiger partial charge is 0.302 e. The Hall–Kier alpha value is -3.14. The number of carbonyl (C=O) groups is 1. The molecule has 0 N–H and O–H groups in total. The molecule has 0 saturated carbocycles. The van der Waals surface area contributed by atoms with Crippen LogP contribution in [0, 0.1) is 10.1 Å². The third-order valence-electron chi connectivity index (χ3n) is 4.47. The molecule has 0 spiro atoms. The van der Waals surface area contributed by atoms with Gasteiger partial charge in [-0.1, -0.05) is 0 Å². The van der Waals surface area contributed by atoms with Gasteiger partial charge >= 0.3 is 5.97 Å². The van der Waals surface area contributed by atoms with Gasteiger partial charge in [0.25, 0.3) is 0 Å². The second-order valence-electron chi connectivity index (χ2n) is 6.38. The van der Waals surface area contributed by atoms with Crippen LogP contribution in [0.15, 0.2) is 40.2 Å². The van der Waals surface area contributed by atoms with Crippen LogP contribution in [0.1, 0.15) is 31.5 Å². The lowest BCUT2D eigenvalue weighted by Crippen LogP contribution is -2.27. The molecule has 0 unspecified atom stereocenters. The first kappa shape index (κ1) is 20.6. The number of azo groups is 1. The van der Waals surface area contributed by atoms with Crippen LogP contribution >= 0.6 is 11.5 Å². The Balaban J connectivity index is 1.69. The Morgan fingerprint density at radius 2 is 2.07 bits per heavy atom. The highest BCUT2D eigenvalue weighted by Gasteiger charge is 2.23. The number of ether oxygens (including phenoxy) is 1. The number of anilines is 1. The number of fused-ring (bicyclic) bond motifs is 1. The summed E-state index contributed by atoms with van der Waals surface area (Å²) in [5, 5.41) is 20.1. The number of allylic oxidation sites excluding steroid dienone is 1. The Morgan fingerprint density at radius 1 is 1.31 bits per heavy atom.